The van der Waals surface area contributed by atoms with E-state index in [2.05, 4.69) is 17.4 Å². The van der Waals surface area contributed by atoms with Crippen LogP contribution in [-0.4, -0.2) is 35.3 Å². The lowest BCUT2D eigenvalue weighted by Crippen LogP contribution is -2.39. The van der Waals surface area contributed by atoms with Gasteiger partial charge in [0.15, 0.2) is 0 Å². The molecular formula is C13H27N3O2. The highest BCUT2D eigenvalue weighted by molar-refractivity contribution is 5.80. The van der Waals surface area contributed by atoms with Gasteiger partial charge >= 0.3 is 0 Å². The Morgan fingerprint density at radius 3 is 2.61 bits per heavy atom. The maximum absolute atomic E-state index is 9.37. The van der Waals surface area contributed by atoms with E-state index in [4.69, 9.17) is 10.9 Å². The predicted octanol–water partition coefficient (Wildman–Crippen LogP) is 1.29. The molecule has 1 aliphatic carbocycles. The summed E-state index contributed by atoms with van der Waals surface area (Å²) in [5.41, 5.74) is 5.53. The molecule has 18 heavy (non-hydrogen) atoms. The van der Waals surface area contributed by atoms with Gasteiger partial charge < -0.3 is 21.4 Å². The number of oxime groups is 1. The third kappa shape index (κ3) is 4.82. The van der Waals surface area contributed by atoms with E-state index in [0.717, 1.165) is 19.4 Å². The first-order valence-corrected chi connectivity index (χ1v) is 7.01. The Morgan fingerprint density at radius 2 is 2.06 bits per heavy atom. The molecular weight excluding hydrogens is 230 g/mol. The summed E-state index contributed by atoms with van der Waals surface area (Å²) < 4.78 is 0. The van der Waals surface area contributed by atoms with Gasteiger partial charge in [-0.05, 0) is 37.6 Å². The minimum atomic E-state index is 0.252. The molecule has 0 spiro atoms. The summed E-state index contributed by atoms with van der Waals surface area (Å²) in [7, 11) is 0. The fourth-order valence-corrected chi connectivity index (χ4v) is 2.77. The Kier molecular flexibility index (Phi) is 7.05. The van der Waals surface area contributed by atoms with Crippen molar-refractivity contribution < 1.29 is 10.3 Å². The molecule has 1 saturated carbocycles. The van der Waals surface area contributed by atoms with Crippen LogP contribution < -0.4 is 11.1 Å². The van der Waals surface area contributed by atoms with Crippen LogP contribution in [0.1, 0.15) is 45.4 Å². The van der Waals surface area contributed by atoms with Crippen LogP contribution in [0.2, 0.25) is 0 Å². The third-order valence-electron chi connectivity index (χ3n) is 4.05. The first kappa shape index (κ1) is 15.2. The maximum Gasteiger partial charge on any atom is 0.140 e. The van der Waals surface area contributed by atoms with E-state index in [1.165, 1.54) is 19.3 Å². The predicted molar refractivity (Wildman–Crippen MR) is 72.6 cm³/mol. The molecule has 1 rings (SSSR count). The van der Waals surface area contributed by atoms with Crippen molar-refractivity contribution in [3.8, 4) is 0 Å². The van der Waals surface area contributed by atoms with Crippen molar-refractivity contribution in [2.24, 2.45) is 22.7 Å². The number of aliphatic hydroxyl groups excluding tert-OH is 1. The van der Waals surface area contributed by atoms with E-state index in [1.807, 2.05) is 0 Å². The van der Waals surface area contributed by atoms with Crippen LogP contribution in [0.3, 0.4) is 0 Å². The van der Waals surface area contributed by atoms with Gasteiger partial charge in [-0.3, -0.25) is 0 Å². The van der Waals surface area contributed by atoms with E-state index in [-0.39, 0.29) is 11.9 Å². The average molecular weight is 257 g/mol. The number of rotatable bonds is 7. The normalized spacial score (nSPS) is 27.1. The van der Waals surface area contributed by atoms with Crippen LogP contribution in [0.5, 0.6) is 0 Å². The molecule has 0 aromatic heterocycles. The van der Waals surface area contributed by atoms with Crippen molar-refractivity contribution in [1.82, 2.24) is 5.32 Å². The van der Waals surface area contributed by atoms with E-state index in [0.29, 0.717) is 24.9 Å². The van der Waals surface area contributed by atoms with Gasteiger partial charge in [0.1, 0.15) is 5.84 Å². The SMILES string of the molecule is CCC(CC(N)=NO)NCC1CCCCC1CO. The number of nitrogens with one attached hydrogen (secondary N) is 1. The Morgan fingerprint density at radius 1 is 1.39 bits per heavy atom. The van der Waals surface area contributed by atoms with Gasteiger partial charge in [0.25, 0.3) is 0 Å². The van der Waals surface area contributed by atoms with Gasteiger partial charge in [0, 0.05) is 19.1 Å². The second-order valence-electron chi connectivity index (χ2n) is 5.30. The first-order chi connectivity index (χ1) is 8.71. The van der Waals surface area contributed by atoms with Crippen LogP contribution in [0, 0.1) is 11.8 Å². The lowest BCUT2D eigenvalue weighted by atomic mass is 9.79. The molecule has 0 heterocycles. The molecule has 3 atom stereocenters. The maximum atomic E-state index is 9.37. The number of hydrogen-bond acceptors (Lipinski definition) is 4. The van der Waals surface area contributed by atoms with E-state index >= 15 is 0 Å². The van der Waals surface area contributed by atoms with Crippen molar-refractivity contribution in [2.75, 3.05) is 13.2 Å². The molecule has 5 nitrogen and oxygen atoms in total. The van der Waals surface area contributed by atoms with Crippen molar-refractivity contribution in [2.45, 2.75) is 51.5 Å². The Hall–Kier alpha value is -0.810. The zero-order valence-electron chi connectivity index (χ0n) is 11.3. The summed E-state index contributed by atoms with van der Waals surface area (Å²) >= 11 is 0. The topological polar surface area (TPSA) is 90.9 Å². The molecule has 0 aromatic rings. The molecule has 0 aliphatic heterocycles. The number of amidine groups is 1. The number of nitrogens with two attached hydrogens (primary N) is 1. The van der Waals surface area contributed by atoms with Gasteiger partial charge in [-0.2, -0.15) is 0 Å². The van der Waals surface area contributed by atoms with Crippen molar-refractivity contribution >= 4 is 5.84 Å². The molecule has 1 aliphatic rings. The van der Waals surface area contributed by atoms with Crippen LogP contribution in [0.15, 0.2) is 5.16 Å². The highest BCUT2D eigenvalue weighted by Crippen LogP contribution is 2.29. The highest BCUT2D eigenvalue weighted by Gasteiger charge is 2.24. The lowest BCUT2D eigenvalue weighted by molar-refractivity contribution is 0.131. The van der Waals surface area contributed by atoms with Crippen molar-refractivity contribution in [3.05, 3.63) is 0 Å². The molecule has 5 heteroatoms. The quantitative estimate of drug-likeness (QED) is 0.239. The minimum absolute atomic E-state index is 0.252. The number of aliphatic hydroxyl groups is 1. The summed E-state index contributed by atoms with van der Waals surface area (Å²) in [5, 5.41) is 24.4. The van der Waals surface area contributed by atoms with Gasteiger partial charge in [-0.1, -0.05) is 24.9 Å². The molecule has 0 aromatic carbocycles. The van der Waals surface area contributed by atoms with Crippen molar-refractivity contribution in [1.29, 1.82) is 0 Å². The summed E-state index contributed by atoms with van der Waals surface area (Å²) in [4.78, 5) is 0. The second kappa shape index (κ2) is 8.32. The standard InChI is InChI=1S/C13H27N3O2/c1-2-12(7-13(14)16-18)15-8-10-5-3-4-6-11(10)9-17/h10-12,15,17-18H,2-9H2,1H3,(H2,14,16). The molecule has 5 N–H and O–H groups in total. The van der Waals surface area contributed by atoms with Crippen LogP contribution >= 0.6 is 0 Å². The fourth-order valence-electron chi connectivity index (χ4n) is 2.77. The second-order valence-corrected chi connectivity index (χ2v) is 5.30. The summed E-state index contributed by atoms with van der Waals surface area (Å²) in [6.45, 7) is 3.30. The molecule has 0 amide bonds. The largest absolute Gasteiger partial charge is 0.409 e. The minimum Gasteiger partial charge on any atom is -0.409 e. The van der Waals surface area contributed by atoms with Gasteiger partial charge in [0.05, 0.1) is 0 Å². The van der Waals surface area contributed by atoms with Crippen LogP contribution in [-0.2, 0) is 0 Å². The zero-order valence-corrected chi connectivity index (χ0v) is 11.3. The summed E-state index contributed by atoms with van der Waals surface area (Å²) in [6.07, 6.45) is 6.36. The number of nitrogens with zero attached hydrogens (tertiary/aromatic N) is 1. The fraction of sp³-hybridized carbons (Fsp3) is 0.923. The smallest absolute Gasteiger partial charge is 0.140 e. The third-order valence-corrected chi connectivity index (χ3v) is 4.05. The monoisotopic (exact) mass is 257 g/mol. The van der Waals surface area contributed by atoms with Gasteiger partial charge in [-0.15, -0.1) is 0 Å². The zero-order chi connectivity index (χ0) is 13.4. The Balaban J connectivity index is 2.36. The number of hydrogen-bond donors (Lipinski definition) is 4. The lowest BCUT2D eigenvalue weighted by Gasteiger charge is -2.31. The summed E-state index contributed by atoms with van der Waals surface area (Å²) in [5.74, 6) is 1.27. The Labute approximate surface area is 109 Å². The molecule has 3 unspecified atom stereocenters. The molecule has 0 bridgehead atoms. The summed E-state index contributed by atoms with van der Waals surface area (Å²) in [6, 6.07) is 0.252. The average Bonchev–Trinajstić information content (AvgIpc) is 2.43. The molecule has 0 saturated heterocycles. The van der Waals surface area contributed by atoms with E-state index < -0.39 is 0 Å². The van der Waals surface area contributed by atoms with Crippen LogP contribution in [0.4, 0.5) is 0 Å². The highest BCUT2D eigenvalue weighted by atomic mass is 16.4. The molecule has 106 valence electrons. The Bertz CT molecular complexity index is 259. The molecule has 1 fully saturated rings. The first-order valence-electron chi connectivity index (χ1n) is 7.01. The van der Waals surface area contributed by atoms with Crippen LogP contribution in [0.25, 0.3) is 0 Å². The van der Waals surface area contributed by atoms with E-state index in [1.54, 1.807) is 0 Å². The molecule has 0 radical (unpaired) electrons. The van der Waals surface area contributed by atoms with Gasteiger partial charge in [0.2, 0.25) is 0 Å². The van der Waals surface area contributed by atoms with Crippen molar-refractivity contribution in [3.63, 3.8) is 0 Å². The van der Waals surface area contributed by atoms with E-state index in [9.17, 15) is 5.11 Å². The van der Waals surface area contributed by atoms with Gasteiger partial charge in [-0.25, -0.2) is 0 Å².